The first kappa shape index (κ1) is 16.1. The molecule has 0 aliphatic heterocycles. The predicted octanol–water partition coefficient (Wildman–Crippen LogP) is 4.14. The molecular weight excluding hydrogens is 400 g/mol. The summed E-state index contributed by atoms with van der Waals surface area (Å²) in [7, 11) is 0. The van der Waals surface area contributed by atoms with Gasteiger partial charge in [0.25, 0.3) is 0 Å². The minimum atomic E-state index is -0.288. The summed E-state index contributed by atoms with van der Waals surface area (Å²) in [5, 5.41) is 4.75. The molecule has 0 fully saturated rings. The van der Waals surface area contributed by atoms with E-state index in [0.717, 1.165) is 21.4 Å². The number of aromatic nitrogens is 4. The zero-order valence-corrected chi connectivity index (χ0v) is 15.4. The maximum absolute atomic E-state index is 12.3. The number of fused-ring (bicyclic) bond motifs is 1. The summed E-state index contributed by atoms with van der Waals surface area (Å²) in [5.41, 5.74) is 3.25. The van der Waals surface area contributed by atoms with Crippen LogP contribution in [0.5, 0.6) is 0 Å². The number of nitrogens with zero attached hydrogens (tertiary/aromatic N) is 3. The number of aromatic amines is 1. The Morgan fingerprint density at radius 1 is 1.08 bits per heavy atom. The van der Waals surface area contributed by atoms with Crippen molar-refractivity contribution in [3.63, 3.8) is 0 Å². The Kier molecular flexibility index (Phi) is 4.42. The summed E-state index contributed by atoms with van der Waals surface area (Å²) < 4.78 is 2.29. The van der Waals surface area contributed by atoms with Crippen molar-refractivity contribution in [2.24, 2.45) is 0 Å². The van der Waals surface area contributed by atoms with Crippen molar-refractivity contribution in [3.8, 4) is 11.1 Å². The van der Waals surface area contributed by atoms with Crippen LogP contribution in [0, 0.1) is 0 Å². The predicted molar refractivity (Wildman–Crippen MR) is 103 cm³/mol. The van der Waals surface area contributed by atoms with E-state index in [0.29, 0.717) is 10.8 Å². The molecule has 2 aromatic heterocycles. The van der Waals surface area contributed by atoms with Crippen molar-refractivity contribution in [1.82, 2.24) is 19.6 Å². The Morgan fingerprint density at radius 2 is 1.84 bits per heavy atom. The Bertz CT molecular complexity index is 1070. The van der Waals surface area contributed by atoms with Gasteiger partial charge in [-0.3, -0.25) is 4.98 Å². The SMILES string of the molecule is O=c1[nH]c(SCc2ccccc2)nc2c(-c3ccc(Br)cc3)cnn12. The van der Waals surface area contributed by atoms with Crippen molar-refractivity contribution in [2.75, 3.05) is 0 Å². The fourth-order valence-electron chi connectivity index (χ4n) is 2.49. The number of thioether (sulfide) groups is 1. The van der Waals surface area contributed by atoms with Gasteiger partial charge in [-0.15, -0.1) is 0 Å². The van der Waals surface area contributed by atoms with E-state index in [1.165, 1.54) is 21.8 Å². The first-order valence-electron chi connectivity index (χ1n) is 7.61. The molecule has 2 heterocycles. The lowest BCUT2D eigenvalue weighted by Gasteiger charge is -2.03. The summed E-state index contributed by atoms with van der Waals surface area (Å²) in [4.78, 5) is 19.7. The number of benzene rings is 2. The standard InChI is InChI=1S/C18H13BrN4OS/c19-14-8-6-13(7-9-14)15-10-20-23-16(15)21-17(22-18(23)24)25-11-12-4-2-1-3-5-12/h1-10H,11H2,(H,21,22,24). The molecule has 0 saturated carbocycles. The fraction of sp³-hybridized carbons (Fsp3) is 0.0556. The Hall–Kier alpha value is -2.38. The number of hydrogen-bond donors (Lipinski definition) is 1. The molecule has 5 nitrogen and oxygen atoms in total. The molecule has 25 heavy (non-hydrogen) atoms. The van der Waals surface area contributed by atoms with Crippen LogP contribution in [0.3, 0.4) is 0 Å². The summed E-state index contributed by atoms with van der Waals surface area (Å²) in [6.45, 7) is 0. The maximum Gasteiger partial charge on any atom is 0.350 e. The van der Waals surface area contributed by atoms with Gasteiger partial charge in [-0.1, -0.05) is 70.2 Å². The number of halogens is 1. The molecule has 0 aliphatic carbocycles. The highest BCUT2D eigenvalue weighted by Gasteiger charge is 2.12. The van der Waals surface area contributed by atoms with Crippen LogP contribution < -0.4 is 5.69 Å². The topological polar surface area (TPSA) is 63.0 Å². The minimum absolute atomic E-state index is 0.288. The van der Waals surface area contributed by atoms with Gasteiger partial charge in [0, 0.05) is 15.8 Å². The van der Waals surface area contributed by atoms with E-state index in [1.54, 1.807) is 6.20 Å². The lowest BCUT2D eigenvalue weighted by molar-refractivity contribution is 0.786. The van der Waals surface area contributed by atoms with E-state index in [9.17, 15) is 4.79 Å². The van der Waals surface area contributed by atoms with Gasteiger partial charge >= 0.3 is 5.69 Å². The number of hydrogen-bond acceptors (Lipinski definition) is 4. The summed E-state index contributed by atoms with van der Waals surface area (Å²) in [6, 6.07) is 17.9. The molecular formula is C18H13BrN4OS. The third-order valence-electron chi connectivity index (χ3n) is 3.73. The molecule has 0 saturated heterocycles. The Balaban J connectivity index is 1.71. The minimum Gasteiger partial charge on any atom is -0.285 e. The molecule has 4 aromatic rings. The fourth-order valence-corrected chi connectivity index (χ4v) is 3.56. The van der Waals surface area contributed by atoms with Crippen LogP contribution in [0.1, 0.15) is 5.56 Å². The van der Waals surface area contributed by atoms with Crippen LogP contribution in [0.4, 0.5) is 0 Å². The lowest BCUT2D eigenvalue weighted by Crippen LogP contribution is -2.19. The molecule has 0 aliphatic rings. The molecule has 124 valence electrons. The molecule has 0 unspecified atom stereocenters. The molecule has 1 N–H and O–H groups in total. The van der Waals surface area contributed by atoms with Gasteiger partial charge in [-0.25, -0.2) is 9.78 Å². The maximum atomic E-state index is 12.3. The molecule has 0 bridgehead atoms. The van der Waals surface area contributed by atoms with Crippen LogP contribution in [0.15, 0.2) is 75.2 Å². The summed E-state index contributed by atoms with van der Waals surface area (Å²) in [5.74, 6) is 0.738. The van der Waals surface area contributed by atoms with Gasteiger partial charge in [-0.2, -0.15) is 9.61 Å². The molecule has 0 amide bonds. The first-order chi connectivity index (χ1) is 12.2. The van der Waals surface area contributed by atoms with Gasteiger partial charge < -0.3 is 0 Å². The smallest absolute Gasteiger partial charge is 0.285 e. The highest BCUT2D eigenvalue weighted by Crippen LogP contribution is 2.26. The Labute approximate surface area is 156 Å². The first-order valence-corrected chi connectivity index (χ1v) is 9.39. The second kappa shape index (κ2) is 6.85. The second-order valence-electron chi connectivity index (χ2n) is 5.42. The number of nitrogens with one attached hydrogen (secondary N) is 1. The molecule has 4 rings (SSSR count). The largest absolute Gasteiger partial charge is 0.350 e. The summed E-state index contributed by atoms with van der Waals surface area (Å²) in [6.07, 6.45) is 1.67. The van der Waals surface area contributed by atoms with Gasteiger partial charge in [0.15, 0.2) is 10.8 Å². The summed E-state index contributed by atoms with van der Waals surface area (Å²) >= 11 is 4.93. The average Bonchev–Trinajstić information content (AvgIpc) is 3.06. The monoisotopic (exact) mass is 412 g/mol. The second-order valence-corrected chi connectivity index (χ2v) is 7.30. The third kappa shape index (κ3) is 3.38. The van der Waals surface area contributed by atoms with E-state index in [-0.39, 0.29) is 5.69 Å². The highest BCUT2D eigenvalue weighted by molar-refractivity contribution is 9.10. The third-order valence-corrected chi connectivity index (χ3v) is 5.20. The van der Waals surface area contributed by atoms with E-state index in [1.807, 2.05) is 42.5 Å². The average molecular weight is 413 g/mol. The quantitative estimate of drug-likeness (QED) is 0.511. The zero-order valence-electron chi connectivity index (χ0n) is 13.0. The van der Waals surface area contributed by atoms with Crippen LogP contribution >= 0.6 is 27.7 Å². The number of H-pyrrole nitrogens is 1. The molecule has 2 aromatic carbocycles. The van der Waals surface area contributed by atoms with Crippen molar-refractivity contribution in [2.45, 2.75) is 10.9 Å². The van der Waals surface area contributed by atoms with Gasteiger partial charge in [-0.05, 0) is 23.3 Å². The normalized spacial score (nSPS) is 11.1. The van der Waals surface area contributed by atoms with E-state index in [2.05, 4.69) is 43.1 Å². The van der Waals surface area contributed by atoms with Crippen molar-refractivity contribution in [1.29, 1.82) is 0 Å². The van der Waals surface area contributed by atoms with Crippen LogP contribution in [0.25, 0.3) is 16.8 Å². The van der Waals surface area contributed by atoms with Crippen LogP contribution in [0.2, 0.25) is 0 Å². The Morgan fingerprint density at radius 3 is 2.60 bits per heavy atom. The van der Waals surface area contributed by atoms with E-state index >= 15 is 0 Å². The van der Waals surface area contributed by atoms with E-state index < -0.39 is 0 Å². The van der Waals surface area contributed by atoms with Gasteiger partial charge in [0.2, 0.25) is 0 Å². The molecule has 7 heteroatoms. The molecule has 0 spiro atoms. The van der Waals surface area contributed by atoms with Crippen molar-refractivity contribution < 1.29 is 0 Å². The van der Waals surface area contributed by atoms with Crippen molar-refractivity contribution >= 4 is 33.3 Å². The van der Waals surface area contributed by atoms with Crippen LogP contribution in [-0.2, 0) is 5.75 Å². The van der Waals surface area contributed by atoms with Crippen molar-refractivity contribution in [3.05, 3.63) is 81.3 Å². The molecule has 0 radical (unpaired) electrons. The zero-order chi connectivity index (χ0) is 17.2. The van der Waals surface area contributed by atoms with Gasteiger partial charge in [0.1, 0.15) is 0 Å². The highest BCUT2D eigenvalue weighted by atomic mass is 79.9. The molecule has 0 atom stereocenters. The lowest BCUT2D eigenvalue weighted by atomic mass is 10.1. The van der Waals surface area contributed by atoms with E-state index in [4.69, 9.17) is 0 Å². The van der Waals surface area contributed by atoms with Gasteiger partial charge in [0.05, 0.1) is 6.20 Å². The van der Waals surface area contributed by atoms with Crippen LogP contribution in [-0.4, -0.2) is 19.6 Å². The number of rotatable bonds is 4.